The van der Waals surface area contributed by atoms with Crippen molar-refractivity contribution in [2.75, 3.05) is 32.7 Å². The van der Waals surface area contributed by atoms with E-state index in [1.165, 1.54) is 4.90 Å². The lowest BCUT2D eigenvalue weighted by molar-refractivity contribution is -0.140. The van der Waals surface area contributed by atoms with Crippen molar-refractivity contribution < 1.29 is 14.4 Å². The monoisotopic (exact) mass is 517 g/mol. The third-order valence-electron chi connectivity index (χ3n) is 5.74. The minimum absolute atomic E-state index is 0. The topological polar surface area (TPSA) is 103 Å². The smallest absolute Gasteiger partial charge is 0.233 e. The Balaban J connectivity index is 0.00000300. The van der Waals surface area contributed by atoms with Gasteiger partial charge in [-0.05, 0) is 25.2 Å². The number of nitrogens with one attached hydrogen (secondary N) is 3. The average molecular weight is 517 g/mol. The molecule has 162 valence electrons. The van der Waals surface area contributed by atoms with E-state index in [1.54, 1.807) is 0 Å². The summed E-state index contributed by atoms with van der Waals surface area (Å²) < 4.78 is 0. The Kier molecular flexibility index (Phi) is 8.47. The van der Waals surface area contributed by atoms with Gasteiger partial charge in [-0.3, -0.25) is 24.3 Å². The largest absolute Gasteiger partial charge is 0.357 e. The lowest BCUT2D eigenvalue weighted by Crippen LogP contribution is -2.44. The molecule has 8 nitrogen and oxygen atoms in total. The SMILES string of the molecule is CCNC(=NCCNC(=O)C(C)C)NCCN1C(=O)C2C3C=CC(C3)C2C1=O.I. The van der Waals surface area contributed by atoms with Crippen LogP contribution in [0.5, 0.6) is 0 Å². The van der Waals surface area contributed by atoms with Crippen molar-refractivity contribution in [2.45, 2.75) is 27.2 Å². The van der Waals surface area contributed by atoms with E-state index in [0.29, 0.717) is 38.7 Å². The molecule has 3 aliphatic rings. The lowest BCUT2D eigenvalue weighted by Gasteiger charge is -2.18. The lowest BCUT2D eigenvalue weighted by atomic mass is 9.85. The van der Waals surface area contributed by atoms with Gasteiger partial charge in [0.05, 0.1) is 18.4 Å². The minimum Gasteiger partial charge on any atom is -0.357 e. The third kappa shape index (κ3) is 5.10. The molecule has 0 spiro atoms. The zero-order valence-corrected chi connectivity index (χ0v) is 19.6. The van der Waals surface area contributed by atoms with Crippen molar-refractivity contribution in [3.05, 3.63) is 12.2 Å². The molecule has 2 aliphatic carbocycles. The number of allylic oxidation sites excluding steroid dienone is 2. The summed E-state index contributed by atoms with van der Waals surface area (Å²) >= 11 is 0. The maximum atomic E-state index is 12.7. The van der Waals surface area contributed by atoms with Gasteiger partial charge in [0.2, 0.25) is 17.7 Å². The van der Waals surface area contributed by atoms with Gasteiger partial charge in [0, 0.05) is 32.1 Å². The predicted molar refractivity (Wildman–Crippen MR) is 122 cm³/mol. The van der Waals surface area contributed by atoms with Crippen molar-refractivity contribution in [1.82, 2.24) is 20.9 Å². The summed E-state index contributed by atoms with van der Waals surface area (Å²) in [5.74, 6) is 0.724. The molecule has 1 saturated heterocycles. The molecular weight excluding hydrogens is 485 g/mol. The van der Waals surface area contributed by atoms with Gasteiger partial charge < -0.3 is 16.0 Å². The molecule has 4 atom stereocenters. The molecule has 4 unspecified atom stereocenters. The molecule has 3 rings (SSSR count). The first-order chi connectivity index (χ1) is 13.4. The normalized spacial score (nSPS) is 27.3. The number of carbonyl (C=O) groups is 3. The van der Waals surface area contributed by atoms with Gasteiger partial charge in [-0.25, -0.2) is 0 Å². The summed E-state index contributed by atoms with van der Waals surface area (Å²) in [6.07, 6.45) is 5.16. The van der Waals surface area contributed by atoms with Crippen LogP contribution in [0.25, 0.3) is 0 Å². The average Bonchev–Trinajstić information content (AvgIpc) is 3.34. The van der Waals surface area contributed by atoms with Crippen LogP contribution < -0.4 is 16.0 Å². The molecule has 9 heteroatoms. The Morgan fingerprint density at radius 1 is 1.10 bits per heavy atom. The van der Waals surface area contributed by atoms with E-state index in [2.05, 4.69) is 33.1 Å². The van der Waals surface area contributed by atoms with Crippen molar-refractivity contribution in [1.29, 1.82) is 0 Å². The number of hydrogen-bond donors (Lipinski definition) is 3. The van der Waals surface area contributed by atoms with Crippen LogP contribution in [-0.2, 0) is 14.4 Å². The first-order valence-electron chi connectivity index (χ1n) is 10.3. The van der Waals surface area contributed by atoms with Crippen LogP contribution in [0.1, 0.15) is 27.2 Å². The number of carbonyl (C=O) groups excluding carboxylic acids is 3. The number of hydrogen-bond acceptors (Lipinski definition) is 4. The van der Waals surface area contributed by atoms with E-state index in [-0.39, 0.29) is 71.3 Å². The fourth-order valence-corrected chi connectivity index (χ4v) is 4.36. The van der Waals surface area contributed by atoms with Gasteiger partial charge in [0.15, 0.2) is 5.96 Å². The fourth-order valence-electron chi connectivity index (χ4n) is 4.36. The molecule has 2 bridgehead atoms. The second-order valence-corrected chi connectivity index (χ2v) is 7.96. The van der Waals surface area contributed by atoms with Crippen molar-refractivity contribution in [2.24, 2.45) is 34.6 Å². The zero-order chi connectivity index (χ0) is 20.3. The van der Waals surface area contributed by atoms with Crippen LogP contribution >= 0.6 is 24.0 Å². The van der Waals surface area contributed by atoms with Crippen molar-refractivity contribution in [3.63, 3.8) is 0 Å². The van der Waals surface area contributed by atoms with Crippen LogP contribution in [0.2, 0.25) is 0 Å². The van der Waals surface area contributed by atoms with Gasteiger partial charge in [-0.2, -0.15) is 0 Å². The summed E-state index contributed by atoms with van der Waals surface area (Å²) in [7, 11) is 0. The number of guanidine groups is 1. The number of amides is 3. The summed E-state index contributed by atoms with van der Waals surface area (Å²) in [5, 5.41) is 9.12. The highest BCUT2D eigenvalue weighted by molar-refractivity contribution is 14.0. The molecule has 1 saturated carbocycles. The second kappa shape index (κ2) is 10.4. The van der Waals surface area contributed by atoms with Crippen LogP contribution in [0.4, 0.5) is 0 Å². The van der Waals surface area contributed by atoms with Crippen LogP contribution in [0.3, 0.4) is 0 Å². The molecule has 0 aromatic rings. The predicted octanol–water partition coefficient (Wildman–Crippen LogP) is 0.739. The molecule has 0 radical (unpaired) electrons. The molecule has 3 amide bonds. The van der Waals surface area contributed by atoms with E-state index in [1.807, 2.05) is 20.8 Å². The van der Waals surface area contributed by atoms with Crippen LogP contribution in [0.15, 0.2) is 17.1 Å². The highest BCUT2D eigenvalue weighted by atomic mass is 127. The number of rotatable bonds is 8. The van der Waals surface area contributed by atoms with Crippen molar-refractivity contribution >= 4 is 47.7 Å². The van der Waals surface area contributed by atoms with Gasteiger partial charge in [0.1, 0.15) is 0 Å². The summed E-state index contributed by atoms with van der Waals surface area (Å²) in [4.78, 5) is 42.8. The van der Waals surface area contributed by atoms with Gasteiger partial charge in [0.25, 0.3) is 0 Å². The number of aliphatic imine (C=N–C) groups is 1. The Morgan fingerprint density at radius 2 is 1.72 bits per heavy atom. The van der Waals surface area contributed by atoms with Crippen LogP contribution in [0, 0.1) is 29.6 Å². The standard InChI is InChI=1S/C20H31N5O3.HI/c1-4-21-20(23-8-7-22-17(26)12(2)3)24-9-10-25-18(27)15-13-5-6-14(11-13)16(15)19(25)28;/h5-6,12-16H,4,7-11H2,1-3H3,(H,22,26)(H2,21,23,24);1H. The number of likely N-dealkylation sites (tertiary alicyclic amines) is 1. The van der Waals surface area contributed by atoms with Gasteiger partial charge >= 0.3 is 0 Å². The molecule has 1 heterocycles. The number of halogens is 1. The summed E-state index contributed by atoms with van der Waals surface area (Å²) in [5.41, 5.74) is 0. The Labute approximate surface area is 189 Å². The fraction of sp³-hybridized carbons (Fsp3) is 0.700. The maximum absolute atomic E-state index is 12.7. The molecule has 29 heavy (non-hydrogen) atoms. The molecular formula is C20H32IN5O3. The molecule has 0 aromatic carbocycles. The summed E-state index contributed by atoms with van der Waals surface area (Å²) in [6.45, 7) is 8.08. The van der Waals surface area contributed by atoms with E-state index in [0.717, 1.165) is 6.42 Å². The van der Waals surface area contributed by atoms with E-state index in [4.69, 9.17) is 0 Å². The quantitative estimate of drug-likeness (QED) is 0.110. The van der Waals surface area contributed by atoms with E-state index in [9.17, 15) is 14.4 Å². The van der Waals surface area contributed by atoms with Gasteiger partial charge in [-0.15, -0.1) is 24.0 Å². The zero-order valence-electron chi connectivity index (χ0n) is 17.3. The maximum Gasteiger partial charge on any atom is 0.233 e. The van der Waals surface area contributed by atoms with Crippen molar-refractivity contribution in [3.8, 4) is 0 Å². The Bertz CT molecular complexity index is 664. The Morgan fingerprint density at radius 3 is 2.28 bits per heavy atom. The second-order valence-electron chi connectivity index (χ2n) is 7.96. The van der Waals surface area contributed by atoms with Gasteiger partial charge in [-0.1, -0.05) is 26.0 Å². The molecule has 1 aliphatic heterocycles. The minimum atomic E-state index is -0.144. The summed E-state index contributed by atoms with van der Waals surface area (Å²) in [6, 6.07) is 0. The Hall–Kier alpha value is -1.65. The number of nitrogens with zero attached hydrogens (tertiary/aromatic N) is 2. The first kappa shape index (κ1) is 23.6. The van der Waals surface area contributed by atoms with E-state index >= 15 is 0 Å². The molecule has 0 aromatic heterocycles. The first-order valence-corrected chi connectivity index (χ1v) is 10.3. The number of imide groups is 1. The highest BCUT2D eigenvalue weighted by Gasteiger charge is 2.58. The molecule has 2 fully saturated rings. The number of fused-ring (bicyclic) bond motifs is 5. The highest BCUT2D eigenvalue weighted by Crippen LogP contribution is 2.52. The van der Waals surface area contributed by atoms with Crippen LogP contribution in [-0.4, -0.2) is 61.3 Å². The third-order valence-corrected chi connectivity index (χ3v) is 5.74. The van der Waals surface area contributed by atoms with E-state index < -0.39 is 0 Å². The molecule has 3 N–H and O–H groups in total.